The van der Waals surface area contributed by atoms with Gasteiger partial charge in [-0.1, -0.05) is 53.7 Å². The summed E-state index contributed by atoms with van der Waals surface area (Å²) in [6.07, 6.45) is 0.0310. The SMILES string of the molecule is CC.CC.CC(C)(O)CO.Cc1cc(CC(=O)O)cc(C)c1Oc1cc(C)c(C(C)C)c(C)c1. The van der Waals surface area contributed by atoms with Crippen molar-refractivity contribution in [3.63, 3.8) is 0 Å². The van der Waals surface area contributed by atoms with Crippen LogP contribution in [0.2, 0.25) is 0 Å². The molecule has 0 saturated carbocycles. The van der Waals surface area contributed by atoms with Crippen molar-refractivity contribution in [3.8, 4) is 11.5 Å². The van der Waals surface area contributed by atoms with Crippen LogP contribution >= 0.6 is 0 Å². The fourth-order valence-corrected chi connectivity index (χ4v) is 3.50. The highest BCUT2D eigenvalue weighted by Crippen LogP contribution is 2.33. The Labute approximate surface area is 207 Å². The summed E-state index contributed by atoms with van der Waals surface area (Å²) >= 11 is 0. The van der Waals surface area contributed by atoms with Crippen molar-refractivity contribution in [3.05, 3.63) is 57.6 Å². The molecule has 0 unspecified atom stereocenters. The summed E-state index contributed by atoms with van der Waals surface area (Å²) in [5.74, 6) is 1.29. The van der Waals surface area contributed by atoms with Crippen LogP contribution in [0.4, 0.5) is 0 Å². The van der Waals surface area contributed by atoms with E-state index in [9.17, 15) is 4.79 Å². The highest BCUT2D eigenvalue weighted by molar-refractivity contribution is 5.70. The lowest BCUT2D eigenvalue weighted by atomic mass is 9.93. The Balaban J connectivity index is 0. The third-order valence-electron chi connectivity index (χ3n) is 4.63. The second kappa shape index (κ2) is 16.3. The molecular formula is C29H48O5. The van der Waals surface area contributed by atoms with Crippen LogP contribution in [0.5, 0.6) is 11.5 Å². The number of carboxylic acids is 1. The van der Waals surface area contributed by atoms with E-state index in [0.717, 1.165) is 28.2 Å². The number of aliphatic hydroxyl groups is 2. The van der Waals surface area contributed by atoms with E-state index in [1.54, 1.807) is 13.8 Å². The summed E-state index contributed by atoms with van der Waals surface area (Å²) in [5.41, 5.74) is 5.64. The molecule has 194 valence electrons. The van der Waals surface area contributed by atoms with Crippen molar-refractivity contribution in [1.29, 1.82) is 0 Å². The van der Waals surface area contributed by atoms with Gasteiger partial charge in [-0.15, -0.1) is 0 Å². The fourth-order valence-electron chi connectivity index (χ4n) is 3.50. The molecule has 5 heteroatoms. The van der Waals surface area contributed by atoms with Gasteiger partial charge in [0.1, 0.15) is 11.5 Å². The zero-order valence-electron chi connectivity index (χ0n) is 23.5. The Kier molecular flexibility index (Phi) is 16.2. The van der Waals surface area contributed by atoms with Gasteiger partial charge in [-0.05, 0) is 93.0 Å². The average molecular weight is 477 g/mol. The summed E-state index contributed by atoms with van der Waals surface area (Å²) in [6.45, 7) is 23.5. The topological polar surface area (TPSA) is 87.0 Å². The van der Waals surface area contributed by atoms with Gasteiger partial charge in [-0.3, -0.25) is 4.79 Å². The summed E-state index contributed by atoms with van der Waals surface area (Å²) in [5, 5.41) is 25.7. The molecule has 34 heavy (non-hydrogen) atoms. The smallest absolute Gasteiger partial charge is 0.307 e. The molecule has 0 bridgehead atoms. The maximum Gasteiger partial charge on any atom is 0.307 e. The molecule has 3 N–H and O–H groups in total. The number of rotatable bonds is 6. The molecule has 0 amide bonds. The number of hydrogen-bond donors (Lipinski definition) is 3. The lowest BCUT2D eigenvalue weighted by molar-refractivity contribution is -0.136. The molecule has 0 radical (unpaired) electrons. The molecule has 5 nitrogen and oxygen atoms in total. The Morgan fingerprint density at radius 2 is 1.26 bits per heavy atom. The number of aliphatic hydroxyl groups excluding tert-OH is 1. The predicted molar refractivity (Wildman–Crippen MR) is 143 cm³/mol. The monoisotopic (exact) mass is 476 g/mol. The maximum absolute atomic E-state index is 10.9. The number of ether oxygens (including phenoxy) is 1. The van der Waals surface area contributed by atoms with Crippen molar-refractivity contribution >= 4 is 5.97 Å². The van der Waals surface area contributed by atoms with E-state index in [1.165, 1.54) is 16.7 Å². The van der Waals surface area contributed by atoms with Gasteiger partial charge < -0.3 is 20.1 Å². The molecule has 0 aliphatic heterocycles. The molecule has 0 aliphatic rings. The number of carboxylic acid groups (broad SMARTS) is 1. The van der Waals surface area contributed by atoms with Gasteiger partial charge in [0, 0.05) is 0 Å². The molecule has 0 heterocycles. The van der Waals surface area contributed by atoms with Gasteiger partial charge in [0.25, 0.3) is 0 Å². The summed E-state index contributed by atoms with van der Waals surface area (Å²) < 4.78 is 6.15. The first-order chi connectivity index (χ1) is 15.7. The largest absolute Gasteiger partial charge is 0.481 e. The zero-order valence-corrected chi connectivity index (χ0v) is 23.5. The van der Waals surface area contributed by atoms with E-state index in [2.05, 4.69) is 39.8 Å². The Hall–Kier alpha value is -2.37. The first-order valence-corrected chi connectivity index (χ1v) is 12.2. The average Bonchev–Trinajstić information content (AvgIpc) is 2.72. The fraction of sp³-hybridized carbons (Fsp3) is 0.552. The third kappa shape index (κ3) is 12.2. The van der Waals surface area contributed by atoms with Crippen molar-refractivity contribution in [1.82, 2.24) is 0 Å². The van der Waals surface area contributed by atoms with Crippen molar-refractivity contribution < 1.29 is 24.9 Å². The number of carbonyl (C=O) groups is 1. The zero-order chi connectivity index (χ0) is 27.2. The standard InChI is InChI=1S/C21H26O3.C4H10O2.2C2H6/c1-12(2)20-13(3)9-18(10-14(20)4)24-21-15(5)7-17(8-16(21)6)11-19(22)23;1-4(2,6)3-5;2*1-2/h7-10,12H,11H2,1-6H3,(H,22,23);5-6H,3H2,1-2H3;2*1-2H3. The lowest BCUT2D eigenvalue weighted by Gasteiger charge is -2.18. The van der Waals surface area contributed by atoms with Crippen LogP contribution in [0.15, 0.2) is 24.3 Å². The van der Waals surface area contributed by atoms with Gasteiger partial charge in [-0.25, -0.2) is 0 Å². The number of aliphatic carboxylic acids is 1. The van der Waals surface area contributed by atoms with Crippen LogP contribution in [-0.2, 0) is 11.2 Å². The van der Waals surface area contributed by atoms with E-state index < -0.39 is 11.6 Å². The molecule has 2 rings (SSSR count). The third-order valence-corrected chi connectivity index (χ3v) is 4.63. The summed E-state index contributed by atoms with van der Waals surface area (Å²) in [6, 6.07) is 7.93. The number of benzene rings is 2. The molecule has 0 aliphatic carbocycles. The van der Waals surface area contributed by atoms with E-state index in [1.807, 2.05) is 53.7 Å². The minimum atomic E-state index is -0.903. The van der Waals surface area contributed by atoms with Crippen LogP contribution in [0.3, 0.4) is 0 Å². The normalized spacial score (nSPS) is 10.2. The first-order valence-electron chi connectivity index (χ1n) is 12.2. The van der Waals surface area contributed by atoms with Gasteiger partial charge >= 0.3 is 5.97 Å². The highest BCUT2D eigenvalue weighted by atomic mass is 16.5. The molecule has 0 atom stereocenters. The molecule has 2 aromatic rings. The number of hydrogen-bond acceptors (Lipinski definition) is 4. The highest BCUT2D eigenvalue weighted by Gasteiger charge is 2.13. The summed E-state index contributed by atoms with van der Waals surface area (Å²) in [7, 11) is 0. The molecule has 0 aromatic heterocycles. The van der Waals surface area contributed by atoms with Crippen molar-refractivity contribution in [2.75, 3.05) is 6.61 Å². The Bertz CT molecular complexity index is 831. The van der Waals surface area contributed by atoms with Crippen LogP contribution in [-0.4, -0.2) is 33.5 Å². The second-order valence-electron chi connectivity index (χ2n) is 8.83. The van der Waals surface area contributed by atoms with Crippen molar-refractivity contribution in [2.45, 2.75) is 101 Å². The Morgan fingerprint density at radius 3 is 1.56 bits per heavy atom. The van der Waals surface area contributed by atoms with Gasteiger partial charge in [0.2, 0.25) is 0 Å². The molecule has 2 aromatic carbocycles. The van der Waals surface area contributed by atoms with E-state index in [0.29, 0.717) is 5.92 Å². The van der Waals surface area contributed by atoms with Crippen LogP contribution < -0.4 is 4.74 Å². The lowest BCUT2D eigenvalue weighted by Crippen LogP contribution is -2.23. The molecule has 0 fully saturated rings. The predicted octanol–water partition coefficient (Wildman–Crippen LogP) is 7.27. The van der Waals surface area contributed by atoms with Gasteiger partial charge in [0.15, 0.2) is 0 Å². The molecule has 0 saturated heterocycles. The minimum absolute atomic E-state index is 0.0310. The van der Waals surface area contributed by atoms with E-state index >= 15 is 0 Å². The Morgan fingerprint density at radius 1 is 0.882 bits per heavy atom. The van der Waals surface area contributed by atoms with Gasteiger partial charge in [-0.2, -0.15) is 0 Å². The van der Waals surface area contributed by atoms with Crippen molar-refractivity contribution in [2.24, 2.45) is 0 Å². The van der Waals surface area contributed by atoms with Crippen LogP contribution in [0, 0.1) is 27.7 Å². The van der Waals surface area contributed by atoms with Crippen LogP contribution in [0.1, 0.15) is 94.7 Å². The molecular weight excluding hydrogens is 428 g/mol. The van der Waals surface area contributed by atoms with E-state index in [-0.39, 0.29) is 13.0 Å². The maximum atomic E-state index is 10.9. The van der Waals surface area contributed by atoms with E-state index in [4.69, 9.17) is 20.1 Å². The van der Waals surface area contributed by atoms with Gasteiger partial charge in [0.05, 0.1) is 18.6 Å². The summed E-state index contributed by atoms with van der Waals surface area (Å²) in [4.78, 5) is 10.9. The quantitative estimate of drug-likeness (QED) is 0.408. The van der Waals surface area contributed by atoms with Crippen LogP contribution in [0.25, 0.3) is 0 Å². The molecule has 0 spiro atoms. The number of aryl methyl sites for hydroxylation is 4. The minimum Gasteiger partial charge on any atom is -0.481 e. The second-order valence-corrected chi connectivity index (χ2v) is 8.83. The first kappa shape index (κ1) is 33.8.